The summed E-state index contributed by atoms with van der Waals surface area (Å²) in [4.78, 5) is 45.5. The molecule has 0 atom stereocenters. The van der Waals surface area contributed by atoms with Gasteiger partial charge in [0.2, 0.25) is 11.9 Å². The van der Waals surface area contributed by atoms with Gasteiger partial charge in [-0.05, 0) is 38.5 Å². The Kier molecular flexibility index (Phi) is 8.34. The van der Waals surface area contributed by atoms with Crippen LogP contribution in [0.3, 0.4) is 0 Å². The molecule has 12 nitrogen and oxygen atoms in total. The summed E-state index contributed by atoms with van der Waals surface area (Å²) in [5.74, 6) is -0.779. The molecule has 39 heavy (non-hydrogen) atoms. The lowest BCUT2D eigenvalue weighted by Gasteiger charge is -2.09. The molecule has 3 amide bonds. The van der Waals surface area contributed by atoms with Gasteiger partial charge in [-0.3, -0.25) is 24.2 Å². The molecular formula is C27H30N8O4. The number of aryl methyl sites for hydroxylation is 3. The SMILES string of the molecule is CCn1nc(C)cc1C(=O)Nc1nc2cc(C(N)=O)cnc2n1C/C=C/CNC(=O)OCc1cccc(C)c1. The van der Waals surface area contributed by atoms with Crippen LogP contribution in [0.25, 0.3) is 11.2 Å². The van der Waals surface area contributed by atoms with Gasteiger partial charge >= 0.3 is 6.09 Å². The second-order valence-corrected chi connectivity index (χ2v) is 8.84. The van der Waals surface area contributed by atoms with Crippen LogP contribution in [0.15, 0.2) is 54.7 Å². The number of hydrogen-bond acceptors (Lipinski definition) is 7. The van der Waals surface area contributed by atoms with E-state index in [1.807, 2.05) is 45.0 Å². The maximum Gasteiger partial charge on any atom is 0.407 e. The number of ether oxygens (including phenoxy) is 1. The molecular weight excluding hydrogens is 500 g/mol. The van der Waals surface area contributed by atoms with E-state index in [1.165, 1.54) is 12.3 Å². The van der Waals surface area contributed by atoms with Crippen molar-refractivity contribution in [2.24, 2.45) is 5.73 Å². The molecule has 4 rings (SSSR count). The fourth-order valence-electron chi connectivity index (χ4n) is 3.96. The van der Waals surface area contributed by atoms with Gasteiger partial charge in [-0.25, -0.2) is 14.8 Å². The predicted octanol–water partition coefficient (Wildman–Crippen LogP) is 3.10. The summed E-state index contributed by atoms with van der Waals surface area (Å²) in [5.41, 5.74) is 9.55. The molecule has 0 aliphatic carbocycles. The molecule has 0 spiro atoms. The first-order chi connectivity index (χ1) is 18.7. The number of pyridine rings is 1. The van der Waals surface area contributed by atoms with Crippen molar-refractivity contribution in [2.45, 2.75) is 40.5 Å². The van der Waals surface area contributed by atoms with Crippen LogP contribution in [0.2, 0.25) is 0 Å². The summed E-state index contributed by atoms with van der Waals surface area (Å²) in [6.07, 6.45) is 4.37. The zero-order valence-corrected chi connectivity index (χ0v) is 22.0. The Morgan fingerprint density at radius 2 is 1.95 bits per heavy atom. The summed E-state index contributed by atoms with van der Waals surface area (Å²) < 4.78 is 8.53. The number of fused-ring (bicyclic) bond motifs is 1. The number of primary amides is 1. The van der Waals surface area contributed by atoms with Gasteiger partial charge in [-0.15, -0.1) is 0 Å². The molecule has 0 bridgehead atoms. The van der Waals surface area contributed by atoms with Crippen molar-refractivity contribution in [2.75, 3.05) is 11.9 Å². The summed E-state index contributed by atoms with van der Waals surface area (Å²) in [5, 5.41) is 9.80. The topological polar surface area (TPSA) is 159 Å². The first-order valence-corrected chi connectivity index (χ1v) is 12.4. The summed E-state index contributed by atoms with van der Waals surface area (Å²) >= 11 is 0. The van der Waals surface area contributed by atoms with Crippen molar-refractivity contribution in [3.8, 4) is 0 Å². The zero-order valence-electron chi connectivity index (χ0n) is 22.0. The average Bonchev–Trinajstić information content (AvgIpc) is 3.46. The Morgan fingerprint density at radius 3 is 2.69 bits per heavy atom. The highest BCUT2D eigenvalue weighted by Crippen LogP contribution is 2.20. The molecule has 3 heterocycles. The van der Waals surface area contributed by atoms with Gasteiger partial charge in [0.25, 0.3) is 5.91 Å². The number of carbonyl (C=O) groups excluding carboxylic acids is 3. The minimum atomic E-state index is -0.632. The van der Waals surface area contributed by atoms with Crippen molar-refractivity contribution >= 4 is 35.0 Å². The van der Waals surface area contributed by atoms with Gasteiger partial charge in [0.1, 0.15) is 17.8 Å². The van der Waals surface area contributed by atoms with Crippen LogP contribution < -0.4 is 16.4 Å². The van der Waals surface area contributed by atoms with Gasteiger partial charge in [0.15, 0.2) is 5.65 Å². The number of carbonyl (C=O) groups is 3. The molecule has 0 saturated heterocycles. The maximum absolute atomic E-state index is 13.0. The fraction of sp³-hybridized carbons (Fsp3) is 0.259. The smallest absolute Gasteiger partial charge is 0.407 e. The number of nitrogens with two attached hydrogens (primary N) is 1. The van der Waals surface area contributed by atoms with Gasteiger partial charge in [0.05, 0.1) is 11.3 Å². The Labute approximate surface area is 224 Å². The highest BCUT2D eigenvalue weighted by Gasteiger charge is 2.19. The second kappa shape index (κ2) is 12.0. The number of hydrogen-bond donors (Lipinski definition) is 3. The summed E-state index contributed by atoms with van der Waals surface area (Å²) in [6, 6.07) is 10.9. The third-order valence-corrected chi connectivity index (χ3v) is 5.80. The van der Waals surface area contributed by atoms with E-state index in [0.717, 1.165) is 16.8 Å². The molecule has 1 aromatic carbocycles. The largest absolute Gasteiger partial charge is 0.445 e. The Morgan fingerprint density at radius 1 is 1.13 bits per heavy atom. The minimum absolute atomic E-state index is 0.177. The van der Waals surface area contributed by atoms with E-state index >= 15 is 0 Å². The van der Waals surface area contributed by atoms with Crippen LogP contribution in [0.1, 0.15) is 44.6 Å². The highest BCUT2D eigenvalue weighted by atomic mass is 16.5. The van der Waals surface area contributed by atoms with E-state index in [2.05, 4.69) is 25.7 Å². The van der Waals surface area contributed by atoms with Crippen LogP contribution in [-0.4, -0.2) is 48.8 Å². The lowest BCUT2D eigenvalue weighted by Crippen LogP contribution is -2.24. The fourth-order valence-corrected chi connectivity index (χ4v) is 3.96. The quantitative estimate of drug-likeness (QED) is 0.266. The van der Waals surface area contributed by atoms with Crippen LogP contribution in [0.4, 0.5) is 10.7 Å². The molecule has 0 saturated carbocycles. The monoisotopic (exact) mass is 530 g/mol. The lowest BCUT2D eigenvalue weighted by molar-refractivity contribution is 0.0995. The standard InChI is InChI=1S/C27H30N8O4/c1-4-35-22(13-18(3)33-35)25(37)32-26-31-21-14-20(23(28)36)15-30-24(21)34(26)11-6-5-10-29-27(38)39-16-19-9-7-8-17(2)12-19/h5-9,12-15H,4,10-11,16H2,1-3H3,(H2,28,36)(H,29,38)(H,31,32,37)/b6-5+. The van der Waals surface area contributed by atoms with E-state index < -0.39 is 12.0 Å². The van der Waals surface area contributed by atoms with Crippen molar-refractivity contribution in [3.05, 3.63) is 82.8 Å². The maximum atomic E-state index is 13.0. The number of nitrogens with one attached hydrogen (secondary N) is 2. The first kappa shape index (κ1) is 27.0. The third-order valence-electron chi connectivity index (χ3n) is 5.80. The molecule has 0 radical (unpaired) electrons. The minimum Gasteiger partial charge on any atom is -0.445 e. The van der Waals surface area contributed by atoms with E-state index in [1.54, 1.807) is 27.5 Å². The molecule has 3 aromatic heterocycles. The Balaban J connectivity index is 1.45. The Bertz CT molecular complexity index is 1550. The van der Waals surface area contributed by atoms with Gasteiger partial charge < -0.3 is 15.8 Å². The van der Waals surface area contributed by atoms with Gasteiger partial charge in [-0.2, -0.15) is 5.10 Å². The van der Waals surface area contributed by atoms with E-state index in [9.17, 15) is 14.4 Å². The van der Waals surface area contributed by atoms with Crippen LogP contribution in [0, 0.1) is 13.8 Å². The van der Waals surface area contributed by atoms with E-state index in [4.69, 9.17) is 10.5 Å². The molecule has 0 aliphatic rings. The van der Waals surface area contributed by atoms with Crippen molar-refractivity contribution in [1.82, 2.24) is 29.6 Å². The Hall–Kier alpha value is -5.00. The van der Waals surface area contributed by atoms with Crippen LogP contribution >= 0.6 is 0 Å². The number of allylic oxidation sites excluding steroid dienone is 1. The number of amides is 3. The number of aromatic nitrogens is 5. The molecule has 0 fully saturated rings. The second-order valence-electron chi connectivity index (χ2n) is 8.84. The first-order valence-electron chi connectivity index (χ1n) is 12.4. The molecule has 4 aromatic rings. The average molecular weight is 531 g/mol. The van der Waals surface area contributed by atoms with Gasteiger partial charge in [-0.1, -0.05) is 42.0 Å². The van der Waals surface area contributed by atoms with E-state index in [0.29, 0.717) is 23.4 Å². The summed E-state index contributed by atoms with van der Waals surface area (Å²) in [7, 11) is 0. The predicted molar refractivity (Wildman–Crippen MR) is 145 cm³/mol. The highest BCUT2D eigenvalue weighted by molar-refractivity contribution is 6.03. The number of alkyl carbamates (subject to hydrolysis) is 1. The number of nitrogens with zero attached hydrogens (tertiary/aromatic N) is 5. The van der Waals surface area contributed by atoms with Crippen LogP contribution in [-0.2, 0) is 24.4 Å². The zero-order chi connectivity index (χ0) is 27.9. The molecule has 0 unspecified atom stereocenters. The summed E-state index contributed by atoms with van der Waals surface area (Å²) in [6.45, 7) is 6.89. The van der Waals surface area contributed by atoms with Crippen LogP contribution in [0.5, 0.6) is 0 Å². The van der Waals surface area contributed by atoms with Crippen molar-refractivity contribution in [3.63, 3.8) is 0 Å². The molecule has 202 valence electrons. The molecule has 4 N–H and O–H groups in total. The number of imidazole rings is 1. The van der Waals surface area contributed by atoms with E-state index in [-0.39, 0.29) is 37.1 Å². The van der Waals surface area contributed by atoms with Crippen molar-refractivity contribution in [1.29, 1.82) is 0 Å². The normalized spacial score (nSPS) is 11.2. The number of rotatable bonds is 10. The van der Waals surface area contributed by atoms with Gasteiger partial charge in [0, 0.05) is 25.8 Å². The number of anilines is 1. The third kappa shape index (κ3) is 6.66. The lowest BCUT2D eigenvalue weighted by atomic mass is 10.1. The molecule has 12 heteroatoms. The van der Waals surface area contributed by atoms with Crippen molar-refractivity contribution < 1.29 is 19.1 Å². The molecule has 0 aliphatic heterocycles. The number of benzene rings is 1.